The number of rotatable bonds is 4. The summed E-state index contributed by atoms with van der Waals surface area (Å²) in [5.74, 6) is 2.56. The molecule has 0 amide bonds. The first-order valence-electron chi connectivity index (χ1n) is 10.5. The van der Waals surface area contributed by atoms with Gasteiger partial charge in [-0.15, -0.1) is 0 Å². The van der Waals surface area contributed by atoms with Crippen molar-refractivity contribution in [1.29, 1.82) is 0 Å². The minimum atomic E-state index is -3.86. The van der Waals surface area contributed by atoms with Gasteiger partial charge in [0.05, 0.1) is 9.95 Å². The van der Waals surface area contributed by atoms with Gasteiger partial charge in [0.2, 0.25) is 10.0 Å². The number of sulfonamides is 1. The first-order valence-corrected chi connectivity index (χ1v) is 12.3. The fourth-order valence-corrected chi connectivity index (χ4v) is 8.71. The molecule has 0 radical (unpaired) electrons. The summed E-state index contributed by atoms with van der Waals surface area (Å²) in [7, 11) is -3.86. The van der Waals surface area contributed by atoms with Gasteiger partial charge in [0.25, 0.3) is 5.69 Å². The van der Waals surface area contributed by atoms with Crippen LogP contribution in [0, 0.1) is 27.9 Å². The third kappa shape index (κ3) is 3.28. The standard InChI is InChI=1S/C20H26ClN3O4S/c21-18-2-1-17(24(25)26)10-19(18)29(27,28)23-5-3-22(4-6-23)20-11-14-7-15(12-20)9-16(8-14)13-20/h1-2,10,14-16H,3-9,11-13H2. The van der Waals surface area contributed by atoms with Gasteiger partial charge < -0.3 is 0 Å². The van der Waals surface area contributed by atoms with Crippen LogP contribution in [0.4, 0.5) is 5.69 Å². The van der Waals surface area contributed by atoms with Gasteiger partial charge in [0.1, 0.15) is 4.90 Å². The molecule has 4 bridgehead atoms. The fraction of sp³-hybridized carbons (Fsp3) is 0.700. The highest BCUT2D eigenvalue weighted by molar-refractivity contribution is 7.89. The molecular formula is C20H26ClN3O4S. The maximum absolute atomic E-state index is 13.1. The summed E-state index contributed by atoms with van der Waals surface area (Å²) in [5, 5.41) is 11.1. The predicted octanol–water partition coefficient (Wildman–Crippen LogP) is 3.52. The Morgan fingerprint density at radius 2 is 1.55 bits per heavy atom. The Morgan fingerprint density at radius 1 is 1.00 bits per heavy atom. The summed E-state index contributed by atoms with van der Waals surface area (Å²) in [6.07, 6.45) is 7.96. The maximum atomic E-state index is 13.1. The molecule has 158 valence electrons. The van der Waals surface area contributed by atoms with Gasteiger partial charge in [-0.25, -0.2) is 8.42 Å². The molecule has 0 unspecified atom stereocenters. The Balaban J connectivity index is 1.33. The molecule has 0 spiro atoms. The van der Waals surface area contributed by atoms with E-state index in [1.807, 2.05) is 0 Å². The van der Waals surface area contributed by atoms with Gasteiger partial charge in [-0.3, -0.25) is 15.0 Å². The Hall–Kier alpha value is -1.22. The topological polar surface area (TPSA) is 83.8 Å². The largest absolute Gasteiger partial charge is 0.295 e. The number of hydrogen-bond donors (Lipinski definition) is 0. The molecule has 5 fully saturated rings. The summed E-state index contributed by atoms with van der Waals surface area (Å²) in [6, 6.07) is 3.59. The number of non-ortho nitro benzene ring substituents is 1. The highest BCUT2D eigenvalue weighted by Crippen LogP contribution is 2.57. The lowest BCUT2D eigenvalue weighted by atomic mass is 9.52. The first-order chi connectivity index (χ1) is 13.8. The van der Waals surface area contributed by atoms with E-state index in [1.165, 1.54) is 55.0 Å². The summed E-state index contributed by atoms with van der Waals surface area (Å²) >= 11 is 6.11. The van der Waals surface area contributed by atoms with Crippen molar-refractivity contribution in [1.82, 2.24) is 9.21 Å². The van der Waals surface area contributed by atoms with Crippen LogP contribution in [-0.2, 0) is 10.0 Å². The molecule has 7 nitrogen and oxygen atoms in total. The normalized spacial score (nSPS) is 35.1. The Morgan fingerprint density at radius 3 is 2.07 bits per heavy atom. The van der Waals surface area contributed by atoms with Crippen molar-refractivity contribution in [2.75, 3.05) is 26.2 Å². The third-order valence-corrected chi connectivity index (χ3v) is 10.0. The van der Waals surface area contributed by atoms with E-state index >= 15 is 0 Å². The number of halogens is 1. The van der Waals surface area contributed by atoms with Crippen molar-refractivity contribution in [3.8, 4) is 0 Å². The second kappa shape index (κ2) is 6.90. The zero-order valence-electron chi connectivity index (χ0n) is 16.3. The zero-order chi connectivity index (χ0) is 20.4. The quantitative estimate of drug-likeness (QED) is 0.529. The van der Waals surface area contributed by atoms with Crippen molar-refractivity contribution < 1.29 is 13.3 Å². The fourth-order valence-electron chi connectivity index (χ4n) is 6.80. The van der Waals surface area contributed by atoms with Gasteiger partial charge in [-0.1, -0.05) is 11.6 Å². The lowest BCUT2D eigenvalue weighted by Crippen LogP contribution is -2.64. The number of hydrogen-bond acceptors (Lipinski definition) is 5. The van der Waals surface area contributed by atoms with Crippen molar-refractivity contribution in [2.24, 2.45) is 17.8 Å². The maximum Gasteiger partial charge on any atom is 0.270 e. The number of nitro benzene ring substituents is 1. The molecule has 0 N–H and O–H groups in total. The molecule has 9 heteroatoms. The van der Waals surface area contributed by atoms with Crippen LogP contribution >= 0.6 is 11.6 Å². The van der Waals surface area contributed by atoms with Crippen LogP contribution in [0.3, 0.4) is 0 Å². The van der Waals surface area contributed by atoms with E-state index in [0.717, 1.165) is 36.9 Å². The molecule has 0 aromatic heterocycles. The summed E-state index contributed by atoms with van der Waals surface area (Å²) < 4.78 is 27.7. The van der Waals surface area contributed by atoms with E-state index < -0.39 is 14.9 Å². The molecule has 1 aliphatic heterocycles. The molecule has 1 saturated heterocycles. The average molecular weight is 440 g/mol. The van der Waals surface area contributed by atoms with E-state index in [-0.39, 0.29) is 21.1 Å². The number of nitrogens with zero attached hydrogens (tertiary/aromatic N) is 3. The first kappa shape index (κ1) is 19.7. The van der Waals surface area contributed by atoms with Gasteiger partial charge in [-0.2, -0.15) is 4.31 Å². The second-order valence-corrected chi connectivity index (χ2v) is 11.7. The van der Waals surface area contributed by atoms with Crippen LogP contribution in [0.2, 0.25) is 5.02 Å². The minimum absolute atomic E-state index is 0.0270. The number of nitro groups is 1. The molecule has 5 aliphatic rings. The van der Waals surface area contributed by atoms with Crippen LogP contribution < -0.4 is 0 Å². The highest BCUT2D eigenvalue weighted by Gasteiger charge is 2.54. The zero-order valence-corrected chi connectivity index (χ0v) is 17.9. The summed E-state index contributed by atoms with van der Waals surface area (Å²) in [6.45, 7) is 2.25. The van der Waals surface area contributed by atoms with Crippen LogP contribution in [0.25, 0.3) is 0 Å². The van der Waals surface area contributed by atoms with Crippen LogP contribution in [-0.4, -0.2) is 54.3 Å². The monoisotopic (exact) mass is 439 g/mol. The third-order valence-electron chi connectivity index (χ3n) is 7.66. The highest BCUT2D eigenvalue weighted by atomic mass is 35.5. The molecule has 4 aliphatic carbocycles. The van der Waals surface area contributed by atoms with Gasteiger partial charge in [0.15, 0.2) is 0 Å². The molecule has 1 heterocycles. The van der Waals surface area contributed by atoms with Crippen molar-refractivity contribution in [3.63, 3.8) is 0 Å². The van der Waals surface area contributed by atoms with E-state index in [9.17, 15) is 18.5 Å². The Kier molecular flexibility index (Phi) is 4.70. The Labute approximate surface area is 176 Å². The lowest BCUT2D eigenvalue weighted by molar-refractivity contribution is -0.385. The SMILES string of the molecule is O=[N+]([O-])c1ccc(Cl)c(S(=O)(=O)N2CCN(C34CC5CC(CC(C5)C3)C4)CC2)c1. The molecular weight excluding hydrogens is 414 g/mol. The van der Waals surface area contributed by atoms with E-state index in [4.69, 9.17) is 11.6 Å². The molecule has 4 saturated carbocycles. The van der Waals surface area contributed by atoms with Crippen LogP contribution in [0.5, 0.6) is 0 Å². The predicted molar refractivity (Wildman–Crippen MR) is 109 cm³/mol. The molecule has 6 rings (SSSR count). The summed E-state index contributed by atoms with van der Waals surface area (Å²) in [4.78, 5) is 12.9. The summed E-state index contributed by atoms with van der Waals surface area (Å²) in [5.41, 5.74) is 0.00788. The molecule has 0 atom stereocenters. The number of piperazine rings is 1. The van der Waals surface area contributed by atoms with Crippen molar-refractivity contribution >= 4 is 27.3 Å². The van der Waals surface area contributed by atoms with Crippen LogP contribution in [0.15, 0.2) is 23.1 Å². The second-order valence-electron chi connectivity index (χ2n) is 9.40. The van der Waals surface area contributed by atoms with E-state index in [2.05, 4.69) is 4.90 Å². The van der Waals surface area contributed by atoms with Crippen molar-refractivity contribution in [2.45, 2.75) is 49.0 Å². The Bertz CT molecular complexity index is 908. The smallest absolute Gasteiger partial charge is 0.270 e. The number of benzene rings is 1. The molecule has 1 aromatic rings. The van der Waals surface area contributed by atoms with Gasteiger partial charge in [0, 0.05) is 43.9 Å². The minimum Gasteiger partial charge on any atom is -0.295 e. The van der Waals surface area contributed by atoms with E-state index in [1.54, 1.807) is 0 Å². The van der Waals surface area contributed by atoms with E-state index in [0.29, 0.717) is 13.1 Å². The van der Waals surface area contributed by atoms with Crippen molar-refractivity contribution in [3.05, 3.63) is 33.3 Å². The van der Waals surface area contributed by atoms with Gasteiger partial charge >= 0.3 is 0 Å². The molecule has 29 heavy (non-hydrogen) atoms. The average Bonchev–Trinajstić information content (AvgIpc) is 2.67. The lowest BCUT2D eigenvalue weighted by Gasteiger charge is -2.61. The molecule has 1 aromatic carbocycles. The van der Waals surface area contributed by atoms with Crippen LogP contribution in [0.1, 0.15) is 38.5 Å². The van der Waals surface area contributed by atoms with Gasteiger partial charge in [-0.05, 0) is 62.3 Å².